The van der Waals surface area contributed by atoms with E-state index in [4.69, 9.17) is 0 Å². The van der Waals surface area contributed by atoms with Gasteiger partial charge in [0.05, 0.1) is 0 Å². The molecule has 0 bridgehead atoms. The zero-order valence-corrected chi connectivity index (χ0v) is 16.9. The number of aliphatic carboxylic acids is 1. The molecule has 0 atom stereocenters. The van der Waals surface area contributed by atoms with Gasteiger partial charge in [-0.25, -0.2) is 4.79 Å². The summed E-state index contributed by atoms with van der Waals surface area (Å²) in [7, 11) is 0. The van der Waals surface area contributed by atoms with Crippen molar-refractivity contribution in [2.24, 2.45) is 0 Å². The van der Waals surface area contributed by atoms with Gasteiger partial charge in [0.2, 0.25) is 0 Å². The standard InChI is InChI=1S/C23H27NO2S/c1-3-18-8-4-5-10-20(18)21(22-17(2)12-15-27-22)11-7-14-24-13-6-9-19(16-24)23(25)26/h4-5,8-12,15H,3,6-7,13-14,16H2,1-2H3,(H,25,26). The molecule has 1 aliphatic heterocycles. The predicted molar refractivity (Wildman–Crippen MR) is 113 cm³/mol. The number of carbonyl (C=O) groups is 1. The van der Waals surface area contributed by atoms with Crippen LogP contribution < -0.4 is 0 Å². The molecule has 3 nitrogen and oxygen atoms in total. The summed E-state index contributed by atoms with van der Waals surface area (Å²) in [6, 6.07) is 10.8. The number of nitrogens with zero attached hydrogens (tertiary/aromatic N) is 1. The predicted octanol–water partition coefficient (Wildman–Crippen LogP) is 5.16. The molecule has 0 amide bonds. The van der Waals surface area contributed by atoms with E-state index >= 15 is 0 Å². The Bertz CT molecular complexity index is 863. The van der Waals surface area contributed by atoms with Gasteiger partial charge in [-0.1, -0.05) is 43.3 Å². The highest BCUT2D eigenvalue weighted by Crippen LogP contribution is 2.33. The summed E-state index contributed by atoms with van der Waals surface area (Å²) in [6.45, 7) is 6.73. The van der Waals surface area contributed by atoms with Crippen LogP contribution in [0.4, 0.5) is 0 Å². The molecule has 2 heterocycles. The Balaban J connectivity index is 1.81. The molecule has 0 saturated carbocycles. The van der Waals surface area contributed by atoms with Crippen LogP contribution in [0, 0.1) is 6.92 Å². The fourth-order valence-corrected chi connectivity index (χ4v) is 4.59. The Morgan fingerprint density at radius 2 is 2.11 bits per heavy atom. The van der Waals surface area contributed by atoms with E-state index < -0.39 is 5.97 Å². The highest BCUT2D eigenvalue weighted by atomic mass is 32.1. The number of carboxylic acids is 1. The van der Waals surface area contributed by atoms with Crippen molar-refractivity contribution in [3.05, 3.63) is 75.0 Å². The van der Waals surface area contributed by atoms with Gasteiger partial charge in [0.1, 0.15) is 0 Å². The largest absolute Gasteiger partial charge is 0.478 e. The molecule has 1 N–H and O–H groups in total. The topological polar surface area (TPSA) is 40.5 Å². The molecule has 2 aromatic rings. The Morgan fingerprint density at radius 3 is 2.81 bits per heavy atom. The van der Waals surface area contributed by atoms with Crippen LogP contribution in [-0.4, -0.2) is 35.6 Å². The number of hydrogen-bond donors (Lipinski definition) is 1. The lowest BCUT2D eigenvalue weighted by Gasteiger charge is -2.25. The lowest BCUT2D eigenvalue weighted by atomic mass is 9.95. The van der Waals surface area contributed by atoms with Crippen LogP contribution in [0.15, 0.2) is 53.4 Å². The summed E-state index contributed by atoms with van der Waals surface area (Å²) in [5.74, 6) is -0.790. The van der Waals surface area contributed by atoms with Crippen LogP contribution >= 0.6 is 11.3 Å². The summed E-state index contributed by atoms with van der Waals surface area (Å²) in [6.07, 6.45) is 6.94. The quantitative estimate of drug-likeness (QED) is 0.720. The molecule has 1 aliphatic rings. The van der Waals surface area contributed by atoms with Gasteiger partial charge in [-0.2, -0.15) is 0 Å². The number of aryl methyl sites for hydroxylation is 2. The second-order valence-corrected chi connectivity index (χ2v) is 7.87. The van der Waals surface area contributed by atoms with Gasteiger partial charge < -0.3 is 5.11 Å². The fraction of sp³-hybridized carbons (Fsp3) is 0.348. The fourth-order valence-electron chi connectivity index (χ4n) is 3.61. The van der Waals surface area contributed by atoms with Crippen LogP contribution in [0.25, 0.3) is 5.57 Å². The third-order valence-electron chi connectivity index (χ3n) is 5.09. The number of benzene rings is 1. The monoisotopic (exact) mass is 381 g/mol. The van der Waals surface area contributed by atoms with Crippen molar-refractivity contribution in [1.29, 1.82) is 0 Å². The molecule has 0 saturated heterocycles. The van der Waals surface area contributed by atoms with Gasteiger partial charge in [-0.15, -0.1) is 11.3 Å². The maximum Gasteiger partial charge on any atom is 0.332 e. The van der Waals surface area contributed by atoms with Crippen LogP contribution in [0.5, 0.6) is 0 Å². The van der Waals surface area contributed by atoms with E-state index in [1.807, 2.05) is 6.08 Å². The number of hydrogen-bond acceptors (Lipinski definition) is 3. The molecule has 142 valence electrons. The van der Waals surface area contributed by atoms with Gasteiger partial charge in [0, 0.05) is 30.1 Å². The van der Waals surface area contributed by atoms with E-state index in [9.17, 15) is 9.90 Å². The van der Waals surface area contributed by atoms with E-state index in [-0.39, 0.29) is 0 Å². The second kappa shape index (κ2) is 9.16. The van der Waals surface area contributed by atoms with Crippen LogP contribution in [-0.2, 0) is 11.2 Å². The molecular weight excluding hydrogens is 354 g/mol. The first-order valence-electron chi connectivity index (χ1n) is 9.57. The minimum absolute atomic E-state index is 0.524. The van der Waals surface area contributed by atoms with Crippen molar-refractivity contribution < 1.29 is 9.90 Å². The van der Waals surface area contributed by atoms with E-state index in [2.05, 4.69) is 60.5 Å². The first-order chi connectivity index (χ1) is 13.1. The van der Waals surface area contributed by atoms with Crippen LogP contribution in [0.2, 0.25) is 0 Å². The van der Waals surface area contributed by atoms with Gasteiger partial charge in [-0.3, -0.25) is 4.90 Å². The van der Waals surface area contributed by atoms with Gasteiger partial charge in [-0.05, 0) is 59.9 Å². The Hall–Kier alpha value is -2.17. The summed E-state index contributed by atoms with van der Waals surface area (Å²) in [5, 5.41) is 11.4. The van der Waals surface area contributed by atoms with Crippen molar-refractivity contribution in [2.45, 2.75) is 33.1 Å². The van der Waals surface area contributed by atoms with E-state index in [1.165, 1.54) is 27.1 Å². The molecule has 3 rings (SSSR count). The molecule has 1 aromatic carbocycles. The third-order valence-corrected chi connectivity index (χ3v) is 6.14. The highest BCUT2D eigenvalue weighted by molar-refractivity contribution is 7.11. The minimum Gasteiger partial charge on any atom is -0.478 e. The normalized spacial score (nSPS) is 15.6. The minimum atomic E-state index is -0.790. The van der Waals surface area contributed by atoms with E-state index in [1.54, 1.807) is 11.3 Å². The maximum atomic E-state index is 11.2. The molecule has 0 radical (unpaired) electrons. The zero-order valence-electron chi connectivity index (χ0n) is 16.1. The average molecular weight is 382 g/mol. The molecule has 0 aliphatic carbocycles. The first kappa shape index (κ1) is 19.6. The zero-order chi connectivity index (χ0) is 19.2. The Kier molecular flexibility index (Phi) is 6.64. The molecule has 0 fully saturated rings. The second-order valence-electron chi connectivity index (χ2n) is 6.95. The first-order valence-corrected chi connectivity index (χ1v) is 10.5. The number of carboxylic acid groups (broad SMARTS) is 1. The summed E-state index contributed by atoms with van der Waals surface area (Å²) in [4.78, 5) is 14.8. The summed E-state index contributed by atoms with van der Waals surface area (Å²) in [5.41, 5.74) is 5.83. The number of thiophene rings is 1. The lowest BCUT2D eigenvalue weighted by molar-refractivity contribution is -0.133. The summed E-state index contributed by atoms with van der Waals surface area (Å²) < 4.78 is 0. The van der Waals surface area contributed by atoms with Crippen molar-refractivity contribution in [1.82, 2.24) is 4.90 Å². The van der Waals surface area contributed by atoms with Gasteiger partial charge >= 0.3 is 5.97 Å². The van der Waals surface area contributed by atoms with Crippen molar-refractivity contribution in [3.8, 4) is 0 Å². The van der Waals surface area contributed by atoms with Crippen LogP contribution in [0.3, 0.4) is 0 Å². The lowest BCUT2D eigenvalue weighted by Crippen LogP contribution is -2.32. The smallest absolute Gasteiger partial charge is 0.332 e. The maximum absolute atomic E-state index is 11.2. The highest BCUT2D eigenvalue weighted by Gasteiger charge is 2.17. The number of rotatable bonds is 7. The van der Waals surface area contributed by atoms with Gasteiger partial charge in [0.25, 0.3) is 0 Å². The van der Waals surface area contributed by atoms with Crippen molar-refractivity contribution >= 4 is 22.9 Å². The Labute approximate surface area is 165 Å². The SMILES string of the molecule is CCc1ccccc1C(=CCCN1CCC=C(C(=O)O)C1)c1sccc1C. The van der Waals surface area contributed by atoms with Crippen LogP contribution in [0.1, 0.15) is 41.3 Å². The van der Waals surface area contributed by atoms with Gasteiger partial charge in [0.15, 0.2) is 0 Å². The van der Waals surface area contributed by atoms with E-state index in [0.717, 1.165) is 32.4 Å². The van der Waals surface area contributed by atoms with Crippen molar-refractivity contribution in [2.75, 3.05) is 19.6 Å². The molecule has 27 heavy (non-hydrogen) atoms. The van der Waals surface area contributed by atoms with Crippen molar-refractivity contribution in [3.63, 3.8) is 0 Å². The Morgan fingerprint density at radius 1 is 1.30 bits per heavy atom. The molecule has 0 spiro atoms. The third kappa shape index (κ3) is 4.76. The molecular formula is C23H27NO2S. The molecule has 0 unspecified atom stereocenters. The summed E-state index contributed by atoms with van der Waals surface area (Å²) >= 11 is 1.79. The van der Waals surface area contributed by atoms with E-state index in [0.29, 0.717) is 12.1 Å². The average Bonchev–Trinajstić information content (AvgIpc) is 3.11. The molecule has 4 heteroatoms. The molecule has 1 aromatic heterocycles.